The molecule has 0 radical (unpaired) electrons. The first-order valence-corrected chi connectivity index (χ1v) is 8.22. The van der Waals surface area contributed by atoms with Crippen molar-refractivity contribution in [3.8, 4) is 0 Å². The van der Waals surface area contributed by atoms with Crippen molar-refractivity contribution in [2.45, 2.75) is 45.3 Å². The van der Waals surface area contributed by atoms with Crippen LogP contribution in [0, 0.1) is 0 Å². The van der Waals surface area contributed by atoms with E-state index in [1.54, 1.807) is 12.1 Å². The molecule has 2 aliphatic heterocycles. The van der Waals surface area contributed by atoms with Crippen molar-refractivity contribution < 1.29 is 19.1 Å². The van der Waals surface area contributed by atoms with Gasteiger partial charge < -0.3 is 10.1 Å². The molecule has 0 saturated carbocycles. The second-order valence-corrected chi connectivity index (χ2v) is 7.22. The normalized spacial score (nSPS) is 20.5. The molecule has 1 aromatic rings. The Balaban J connectivity index is 1.78. The smallest absolute Gasteiger partial charge is 0.262 e. The van der Waals surface area contributed by atoms with Crippen LogP contribution in [0.5, 0.6) is 0 Å². The molecule has 3 rings (SSSR count). The van der Waals surface area contributed by atoms with E-state index < -0.39 is 5.54 Å². The lowest BCUT2D eigenvalue weighted by molar-refractivity contribution is 0.0507. The molecule has 3 amide bonds. The van der Waals surface area contributed by atoms with E-state index >= 15 is 0 Å². The lowest BCUT2D eigenvalue weighted by atomic mass is 10.1. The van der Waals surface area contributed by atoms with Crippen molar-refractivity contribution >= 4 is 17.7 Å². The average Bonchev–Trinajstić information content (AvgIpc) is 3.11. The Morgan fingerprint density at radius 1 is 1.25 bits per heavy atom. The molecule has 0 bridgehead atoms. The topological polar surface area (TPSA) is 75.7 Å². The molecule has 128 valence electrons. The molecular formula is C18H22N2O4. The van der Waals surface area contributed by atoms with E-state index in [1.165, 1.54) is 11.0 Å². The first kappa shape index (κ1) is 16.6. The maximum Gasteiger partial charge on any atom is 0.262 e. The average molecular weight is 330 g/mol. The third-order valence-corrected chi connectivity index (χ3v) is 4.33. The summed E-state index contributed by atoms with van der Waals surface area (Å²) in [4.78, 5) is 38.5. The van der Waals surface area contributed by atoms with Crippen LogP contribution in [-0.4, -0.2) is 47.4 Å². The highest BCUT2D eigenvalue weighted by Crippen LogP contribution is 2.29. The van der Waals surface area contributed by atoms with Crippen LogP contribution >= 0.6 is 0 Å². The molecule has 1 atom stereocenters. The van der Waals surface area contributed by atoms with Crippen LogP contribution in [0.3, 0.4) is 0 Å². The molecule has 2 heterocycles. The van der Waals surface area contributed by atoms with E-state index in [9.17, 15) is 14.4 Å². The lowest BCUT2D eigenvalue weighted by Crippen LogP contribution is -2.45. The van der Waals surface area contributed by atoms with Crippen molar-refractivity contribution in [3.63, 3.8) is 0 Å². The maximum atomic E-state index is 12.5. The number of nitrogens with zero attached hydrogens (tertiary/aromatic N) is 1. The van der Waals surface area contributed by atoms with Crippen molar-refractivity contribution in [2.24, 2.45) is 0 Å². The zero-order valence-electron chi connectivity index (χ0n) is 14.2. The van der Waals surface area contributed by atoms with Gasteiger partial charge in [0.2, 0.25) is 0 Å². The SMILES string of the molecule is CC(C)(C)N1C(=O)c2ccc(C(=O)NC[C@@H]3CCCO3)cc2C1=O. The Morgan fingerprint density at radius 2 is 1.96 bits per heavy atom. The van der Waals surface area contributed by atoms with Gasteiger partial charge in [0.1, 0.15) is 0 Å². The largest absolute Gasteiger partial charge is 0.376 e. The van der Waals surface area contributed by atoms with E-state index in [0.29, 0.717) is 23.2 Å². The first-order chi connectivity index (χ1) is 11.3. The van der Waals surface area contributed by atoms with E-state index in [2.05, 4.69) is 5.32 Å². The van der Waals surface area contributed by atoms with Crippen molar-refractivity contribution in [2.75, 3.05) is 13.2 Å². The van der Waals surface area contributed by atoms with Gasteiger partial charge in [-0.05, 0) is 51.8 Å². The second-order valence-electron chi connectivity index (χ2n) is 7.22. The lowest BCUT2D eigenvalue weighted by Gasteiger charge is -2.29. The number of benzene rings is 1. The molecule has 2 aliphatic rings. The Hall–Kier alpha value is -2.21. The van der Waals surface area contributed by atoms with Crippen LogP contribution in [0.15, 0.2) is 18.2 Å². The van der Waals surface area contributed by atoms with Crippen molar-refractivity contribution in [1.82, 2.24) is 10.2 Å². The summed E-state index contributed by atoms with van der Waals surface area (Å²) in [6, 6.07) is 4.65. The van der Waals surface area contributed by atoms with Crippen molar-refractivity contribution in [3.05, 3.63) is 34.9 Å². The molecule has 0 spiro atoms. The zero-order chi connectivity index (χ0) is 17.5. The molecule has 24 heavy (non-hydrogen) atoms. The van der Waals surface area contributed by atoms with E-state index in [1.807, 2.05) is 20.8 Å². The summed E-state index contributed by atoms with van der Waals surface area (Å²) in [6.45, 7) is 6.62. The summed E-state index contributed by atoms with van der Waals surface area (Å²) in [5, 5.41) is 2.83. The van der Waals surface area contributed by atoms with Gasteiger partial charge in [0.15, 0.2) is 0 Å². The van der Waals surface area contributed by atoms with Crippen LogP contribution in [0.2, 0.25) is 0 Å². The number of ether oxygens (including phenoxy) is 1. The standard InChI is InChI=1S/C18H22N2O4/c1-18(2,3)20-16(22)13-7-6-11(9-14(13)17(20)23)15(21)19-10-12-5-4-8-24-12/h6-7,9,12H,4-5,8,10H2,1-3H3,(H,19,21)/t12-/m0/s1. The highest BCUT2D eigenvalue weighted by atomic mass is 16.5. The molecule has 1 aromatic carbocycles. The number of carbonyl (C=O) groups is 3. The summed E-state index contributed by atoms with van der Waals surface area (Å²) in [6.07, 6.45) is 2.01. The molecule has 0 aliphatic carbocycles. The minimum atomic E-state index is -0.602. The molecule has 6 nitrogen and oxygen atoms in total. The third kappa shape index (κ3) is 2.94. The van der Waals surface area contributed by atoms with Crippen LogP contribution in [-0.2, 0) is 4.74 Å². The molecule has 6 heteroatoms. The fraction of sp³-hybridized carbons (Fsp3) is 0.500. The summed E-state index contributed by atoms with van der Waals surface area (Å²) < 4.78 is 5.48. The Labute approximate surface area is 141 Å². The summed E-state index contributed by atoms with van der Waals surface area (Å²) in [5.74, 6) is -0.923. The van der Waals surface area contributed by atoms with E-state index in [4.69, 9.17) is 4.74 Å². The number of rotatable bonds is 3. The number of fused-ring (bicyclic) bond motifs is 1. The van der Waals surface area contributed by atoms with Crippen molar-refractivity contribution in [1.29, 1.82) is 0 Å². The Bertz CT molecular complexity index is 699. The zero-order valence-corrected chi connectivity index (χ0v) is 14.2. The number of hydrogen-bond donors (Lipinski definition) is 1. The monoisotopic (exact) mass is 330 g/mol. The van der Waals surface area contributed by atoms with Crippen LogP contribution in [0.4, 0.5) is 0 Å². The van der Waals surface area contributed by atoms with Crippen LogP contribution in [0.1, 0.15) is 64.7 Å². The highest BCUT2D eigenvalue weighted by molar-refractivity contribution is 6.22. The number of carbonyl (C=O) groups excluding carboxylic acids is 3. The summed E-state index contributed by atoms with van der Waals surface area (Å²) >= 11 is 0. The number of nitrogens with one attached hydrogen (secondary N) is 1. The fourth-order valence-electron chi connectivity index (χ4n) is 3.11. The van der Waals surface area contributed by atoms with Crippen LogP contribution < -0.4 is 5.32 Å². The maximum absolute atomic E-state index is 12.5. The van der Waals surface area contributed by atoms with Gasteiger partial charge in [0.25, 0.3) is 17.7 Å². The Kier molecular flexibility index (Phi) is 4.17. The van der Waals surface area contributed by atoms with Gasteiger partial charge in [-0.25, -0.2) is 0 Å². The predicted molar refractivity (Wildman–Crippen MR) is 88.0 cm³/mol. The molecule has 1 fully saturated rings. The molecule has 1 N–H and O–H groups in total. The van der Waals surface area contributed by atoms with E-state index in [-0.39, 0.29) is 23.8 Å². The van der Waals surface area contributed by atoms with Gasteiger partial charge in [-0.15, -0.1) is 0 Å². The van der Waals surface area contributed by atoms with Crippen LogP contribution in [0.25, 0.3) is 0 Å². The number of hydrogen-bond acceptors (Lipinski definition) is 4. The second kappa shape index (κ2) is 6.02. The predicted octanol–water partition coefficient (Wildman–Crippen LogP) is 1.99. The minimum Gasteiger partial charge on any atom is -0.376 e. The fourth-order valence-corrected chi connectivity index (χ4v) is 3.11. The third-order valence-electron chi connectivity index (χ3n) is 4.33. The molecule has 0 aromatic heterocycles. The van der Waals surface area contributed by atoms with E-state index in [0.717, 1.165) is 19.4 Å². The first-order valence-electron chi connectivity index (χ1n) is 8.22. The van der Waals surface area contributed by atoms with Gasteiger partial charge in [-0.1, -0.05) is 0 Å². The quantitative estimate of drug-likeness (QED) is 0.860. The number of amides is 3. The van der Waals surface area contributed by atoms with Gasteiger partial charge in [0.05, 0.1) is 17.2 Å². The highest BCUT2D eigenvalue weighted by Gasteiger charge is 2.42. The summed E-state index contributed by atoms with van der Waals surface area (Å²) in [5.41, 5.74) is 0.420. The molecular weight excluding hydrogens is 308 g/mol. The number of imide groups is 1. The van der Waals surface area contributed by atoms with Gasteiger partial charge in [-0.2, -0.15) is 0 Å². The summed E-state index contributed by atoms with van der Waals surface area (Å²) in [7, 11) is 0. The Morgan fingerprint density at radius 3 is 2.58 bits per heavy atom. The van der Waals surface area contributed by atoms with Gasteiger partial charge >= 0.3 is 0 Å². The van der Waals surface area contributed by atoms with Gasteiger partial charge in [-0.3, -0.25) is 19.3 Å². The molecule has 1 saturated heterocycles. The molecule has 0 unspecified atom stereocenters. The minimum absolute atomic E-state index is 0.0583. The van der Waals surface area contributed by atoms with Gasteiger partial charge in [0, 0.05) is 24.3 Å².